The molecular formula is C14H17FN2OS. The lowest BCUT2D eigenvalue weighted by molar-refractivity contribution is 0.274. The number of aliphatic hydroxyl groups is 1. The summed E-state index contributed by atoms with van der Waals surface area (Å²) in [5.74, 6) is 1.23. The van der Waals surface area contributed by atoms with Gasteiger partial charge in [0.2, 0.25) is 0 Å². The van der Waals surface area contributed by atoms with Crippen molar-refractivity contribution in [1.29, 1.82) is 0 Å². The molecule has 0 fully saturated rings. The molecule has 0 radical (unpaired) electrons. The molecule has 0 unspecified atom stereocenters. The molecule has 2 aromatic rings. The van der Waals surface area contributed by atoms with Gasteiger partial charge >= 0.3 is 0 Å². The van der Waals surface area contributed by atoms with Crippen LogP contribution in [0.25, 0.3) is 5.69 Å². The SMILES string of the molecule is CC(C)CSc1ncc(CO)n1-c1ccc(F)cc1. The monoisotopic (exact) mass is 280 g/mol. The molecule has 102 valence electrons. The highest BCUT2D eigenvalue weighted by Crippen LogP contribution is 2.25. The minimum Gasteiger partial charge on any atom is -0.390 e. The molecule has 2 rings (SSSR count). The number of aromatic nitrogens is 2. The molecule has 1 heterocycles. The molecule has 1 N–H and O–H groups in total. The molecule has 3 nitrogen and oxygen atoms in total. The van der Waals surface area contributed by atoms with Gasteiger partial charge in [0.05, 0.1) is 18.5 Å². The topological polar surface area (TPSA) is 38.1 Å². The predicted octanol–water partition coefficient (Wildman–Crippen LogP) is 3.25. The number of thioether (sulfide) groups is 1. The Morgan fingerprint density at radius 3 is 2.58 bits per heavy atom. The molecule has 0 saturated heterocycles. The summed E-state index contributed by atoms with van der Waals surface area (Å²) in [6.45, 7) is 4.20. The fraction of sp³-hybridized carbons (Fsp3) is 0.357. The predicted molar refractivity (Wildman–Crippen MR) is 75.0 cm³/mol. The number of benzene rings is 1. The molecule has 0 aliphatic heterocycles. The van der Waals surface area contributed by atoms with E-state index in [1.807, 2.05) is 4.57 Å². The zero-order valence-electron chi connectivity index (χ0n) is 11.0. The molecule has 0 spiro atoms. The van der Waals surface area contributed by atoms with Crippen molar-refractivity contribution in [2.45, 2.75) is 25.6 Å². The van der Waals surface area contributed by atoms with Crippen LogP contribution in [0.5, 0.6) is 0 Å². The Labute approximate surface area is 116 Å². The second-order valence-corrected chi connectivity index (χ2v) is 5.69. The van der Waals surface area contributed by atoms with Crippen molar-refractivity contribution in [1.82, 2.24) is 9.55 Å². The number of nitrogens with zero attached hydrogens (tertiary/aromatic N) is 2. The number of rotatable bonds is 5. The van der Waals surface area contributed by atoms with Crippen LogP contribution in [0.1, 0.15) is 19.5 Å². The third-order valence-corrected chi connectivity index (χ3v) is 3.97. The zero-order chi connectivity index (χ0) is 13.8. The highest BCUT2D eigenvalue weighted by molar-refractivity contribution is 7.99. The van der Waals surface area contributed by atoms with Gasteiger partial charge in [-0.1, -0.05) is 25.6 Å². The Morgan fingerprint density at radius 1 is 1.32 bits per heavy atom. The number of hydrogen-bond donors (Lipinski definition) is 1. The van der Waals surface area contributed by atoms with E-state index in [1.54, 1.807) is 30.1 Å². The van der Waals surface area contributed by atoms with Crippen molar-refractivity contribution >= 4 is 11.8 Å². The highest BCUT2D eigenvalue weighted by atomic mass is 32.2. The molecule has 0 amide bonds. The summed E-state index contributed by atoms with van der Waals surface area (Å²) in [5.41, 5.74) is 1.52. The Balaban J connectivity index is 2.35. The fourth-order valence-corrected chi connectivity index (χ4v) is 2.65. The Bertz CT molecular complexity index is 537. The first-order chi connectivity index (χ1) is 9.11. The first kappa shape index (κ1) is 14.1. The van der Waals surface area contributed by atoms with Crippen LogP contribution < -0.4 is 0 Å². The van der Waals surface area contributed by atoms with E-state index in [4.69, 9.17) is 0 Å². The number of hydrogen-bond acceptors (Lipinski definition) is 3. The molecule has 0 atom stereocenters. The molecule has 19 heavy (non-hydrogen) atoms. The van der Waals surface area contributed by atoms with Crippen LogP contribution in [0.2, 0.25) is 0 Å². The van der Waals surface area contributed by atoms with E-state index in [2.05, 4.69) is 18.8 Å². The summed E-state index contributed by atoms with van der Waals surface area (Å²) in [6, 6.07) is 6.20. The zero-order valence-corrected chi connectivity index (χ0v) is 11.8. The Hall–Kier alpha value is -1.33. The lowest BCUT2D eigenvalue weighted by Gasteiger charge is -2.11. The summed E-state index contributed by atoms with van der Waals surface area (Å²) in [4.78, 5) is 4.33. The van der Waals surface area contributed by atoms with Gasteiger partial charge in [0.1, 0.15) is 5.82 Å². The van der Waals surface area contributed by atoms with Crippen LogP contribution in [0.15, 0.2) is 35.6 Å². The first-order valence-electron chi connectivity index (χ1n) is 6.18. The minimum atomic E-state index is -0.272. The van der Waals surface area contributed by atoms with Gasteiger partial charge in [-0.15, -0.1) is 0 Å². The van der Waals surface area contributed by atoms with E-state index in [0.29, 0.717) is 11.6 Å². The summed E-state index contributed by atoms with van der Waals surface area (Å²) in [7, 11) is 0. The van der Waals surface area contributed by atoms with Crippen molar-refractivity contribution in [3.63, 3.8) is 0 Å². The summed E-state index contributed by atoms with van der Waals surface area (Å²) >= 11 is 1.64. The lowest BCUT2D eigenvalue weighted by Crippen LogP contribution is -2.03. The van der Waals surface area contributed by atoms with Crippen molar-refractivity contribution < 1.29 is 9.50 Å². The fourth-order valence-electron chi connectivity index (χ4n) is 1.69. The highest BCUT2D eigenvalue weighted by Gasteiger charge is 2.12. The van der Waals surface area contributed by atoms with Gasteiger partial charge < -0.3 is 5.11 Å². The standard InChI is InChI=1S/C14H17FN2OS/c1-10(2)9-19-14-16-7-13(8-18)17(14)12-5-3-11(15)4-6-12/h3-7,10,18H,8-9H2,1-2H3. The van der Waals surface area contributed by atoms with E-state index in [-0.39, 0.29) is 12.4 Å². The third kappa shape index (κ3) is 3.36. The van der Waals surface area contributed by atoms with Crippen LogP contribution in [0.4, 0.5) is 4.39 Å². The minimum absolute atomic E-state index is 0.0907. The lowest BCUT2D eigenvalue weighted by atomic mass is 10.3. The van der Waals surface area contributed by atoms with Crippen molar-refractivity contribution in [2.24, 2.45) is 5.92 Å². The second kappa shape index (κ2) is 6.21. The van der Waals surface area contributed by atoms with Gasteiger partial charge in [0.15, 0.2) is 5.16 Å². The second-order valence-electron chi connectivity index (χ2n) is 4.71. The van der Waals surface area contributed by atoms with Gasteiger partial charge in [0.25, 0.3) is 0 Å². The average molecular weight is 280 g/mol. The van der Waals surface area contributed by atoms with Gasteiger partial charge in [-0.05, 0) is 30.2 Å². The van der Waals surface area contributed by atoms with Crippen LogP contribution in [0, 0.1) is 11.7 Å². The molecule has 1 aromatic carbocycles. The normalized spacial score (nSPS) is 11.2. The van der Waals surface area contributed by atoms with Crippen molar-refractivity contribution in [2.75, 3.05) is 5.75 Å². The third-order valence-electron chi connectivity index (χ3n) is 2.60. The van der Waals surface area contributed by atoms with E-state index in [0.717, 1.165) is 16.6 Å². The quantitative estimate of drug-likeness (QED) is 0.854. The molecule has 0 aliphatic rings. The maximum atomic E-state index is 13.0. The molecule has 0 aliphatic carbocycles. The molecule has 5 heteroatoms. The van der Waals surface area contributed by atoms with E-state index in [9.17, 15) is 9.50 Å². The Morgan fingerprint density at radius 2 is 2.00 bits per heavy atom. The average Bonchev–Trinajstić information content (AvgIpc) is 2.80. The van der Waals surface area contributed by atoms with Crippen molar-refractivity contribution in [3.05, 3.63) is 42.0 Å². The Kier molecular flexibility index (Phi) is 4.61. The number of aliphatic hydroxyl groups excluding tert-OH is 1. The van der Waals surface area contributed by atoms with Gasteiger partial charge in [-0.25, -0.2) is 9.37 Å². The summed E-state index contributed by atoms with van der Waals surface area (Å²) < 4.78 is 14.9. The molecule has 0 saturated carbocycles. The van der Waals surface area contributed by atoms with Crippen LogP contribution in [0.3, 0.4) is 0 Å². The van der Waals surface area contributed by atoms with Gasteiger partial charge in [-0.2, -0.15) is 0 Å². The van der Waals surface area contributed by atoms with E-state index in [1.165, 1.54) is 12.1 Å². The van der Waals surface area contributed by atoms with E-state index < -0.39 is 0 Å². The summed E-state index contributed by atoms with van der Waals surface area (Å²) in [6.07, 6.45) is 1.66. The first-order valence-corrected chi connectivity index (χ1v) is 7.16. The summed E-state index contributed by atoms with van der Waals surface area (Å²) in [5, 5.41) is 10.2. The van der Waals surface area contributed by atoms with E-state index >= 15 is 0 Å². The maximum absolute atomic E-state index is 13.0. The van der Waals surface area contributed by atoms with Gasteiger partial charge in [-0.3, -0.25) is 4.57 Å². The number of imidazole rings is 1. The van der Waals surface area contributed by atoms with Crippen LogP contribution >= 0.6 is 11.8 Å². The smallest absolute Gasteiger partial charge is 0.172 e. The molecule has 0 bridgehead atoms. The largest absolute Gasteiger partial charge is 0.390 e. The number of halogens is 1. The maximum Gasteiger partial charge on any atom is 0.172 e. The van der Waals surface area contributed by atoms with Crippen LogP contribution in [-0.4, -0.2) is 20.4 Å². The molecule has 1 aromatic heterocycles. The van der Waals surface area contributed by atoms with Crippen molar-refractivity contribution in [3.8, 4) is 5.69 Å². The molecular weight excluding hydrogens is 263 g/mol. The van der Waals surface area contributed by atoms with Crippen LogP contribution in [-0.2, 0) is 6.61 Å². The van der Waals surface area contributed by atoms with Gasteiger partial charge in [0, 0.05) is 11.4 Å².